The summed E-state index contributed by atoms with van der Waals surface area (Å²) in [6.07, 6.45) is 6.88. The van der Waals surface area contributed by atoms with Gasteiger partial charge in [-0.25, -0.2) is 5.43 Å². The normalized spacial score (nSPS) is 15.0. The van der Waals surface area contributed by atoms with Gasteiger partial charge in [0.25, 0.3) is 5.91 Å². The van der Waals surface area contributed by atoms with Crippen molar-refractivity contribution in [2.75, 3.05) is 19.0 Å². The van der Waals surface area contributed by atoms with Gasteiger partial charge in [0, 0.05) is 5.71 Å². The van der Waals surface area contributed by atoms with E-state index >= 15 is 0 Å². The molecule has 0 aliphatic heterocycles. The van der Waals surface area contributed by atoms with Gasteiger partial charge in [0.1, 0.15) is 5.75 Å². The maximum Gasteiger partial charge on any atom is 0.259 e. The Bertz CT molecular complexity index is 490. The van der Waals surface area contributed by atoms with Gasteiger partial charge in [-0.05, 0) is 37.8 Å². The van der Waals surface area contributed by atoms with Gasteiger partial charge in [-0.2, -0.15) is 5.10 Å². The number of nitrogens with zero attached hydrogens (tertiary/aromatic N) is 1. The molecule has 1 aromatic carbocycles. The molecule has 1 aliphatic carbocycles. The molecule has 0 atom stereocenters. The molecule has 5 heteroatoms. The predicted molar refractivity (Wildman–Crippen MR) is 84.8 cm³/mol. The smallest absolute Gasteiger partial charge is 0.259 e. The van der Waals surface area contributed by atoms with Crippen LogP contribution in [-0.4, -0.2) is 25.3 Å². The average Bonchev–Trinajstić information content (AvgIpc) is 2.80. The fourth-order valence-electron chi connectivity index (χ4n) is 2.40. The summed E-state index contributed by atoms with van der Waals surface area (Å²) in [6.45, 7) is 0.178. The molecule has 1 aliphatic rings. The van der Waals surface area contributed by atoms with Gasteiger partial charge in [-0.3, -0.25) is 4.79 Å². The molecular formula is C16H23N3O2. The van der Waals surface area contributed by atoms with Crippen molar-refractivity contribution in [2.24, 2.45) is 5.10 Å². The number of amides is 1. The zero-order valence-electron chi connectivity index (χ0n) is 12.5. The van der Waals surface area contributed by atoms with Crippen molar-refractivity contribution < 1.29 is 9.53 Å². The number of hydrogen-bond donors (Lipinski definition) is 2. The summed E-state index contributed by atoms with van der Waals surface area (Å²) in [7, 11) is 1.61. The maximum atomic E-state index is 11.8. The molecule has 0 spiro atoms. The van der Waals surface area contributed by atoms with Crippen LogP contribution in [0.15, 0.2) is 29.4 Å². The second-order valence-electron chi connectivity index (χ2n) is 5.18. The highest BCUT2D eigenvalue weighted by molar-refractivity contribution is 5.87. The molecule has 0 aromatic heterocycles. The Balaban J connectivity index is 1.80. The first kappa shape index (κ1) is 15.4. The molecule has 0 saturated heterocycles. The van der Waals surface area contributed by atoms with E-state index in [0.717, 1.165) is 30.0 Å². The van der Waals surface area contributed by atoms with Crippen LogP contribution in [0, 0.1) is 0 Å². The van der Waals surface area contributed by atoms with Crippen LogP contribution in [0.3, 0.4) is 0 Å². The molecule has 2 rings (SSSR count). The van der Waals surface area contributed by atoms with E-state index in [1.54, 1.807) is 7.11 Å². The zero-order chi connectivity index (χ0) is 14.9. The SMILES string of the molecule is COc1ccccc1NCC(=O)NN=C1CCCCCC1. The molecule has 21 heavy (non-hydrogen) atoms. The highest BCUT2D eigenvalue weighted by Gasteiger charge is 2.07. The van der Waals surface area contributed by atoms with E-state index < -0.39 is 0 Å². The second-order valence-corrected chi connectivity index (χ2v) is 5.18. The molecule has 1 fully saturated rings. The van der Waals surface area contributed by atoms with Crippen molar-refractivity contribution in [1.82, 2.24) is 5.43 Å². The fourth-order valence-corrected chi connectivity index (χ4v) is 2.40. The number of hydrogen-bond acceptors (Lipinski definition) is 4. The third-order valence-electron chi connectivity index (χ3n) is 3.57. The molecule has 1 aromatic rings. The summed E-state index contributed by atoms with van der Waals surface area (Å²) in [5.74, 6) is 0.582. The third-order valence-corrected chi connectivity index (χ3v) is 3.57. The first-order valence-electron chi connectivity index (χ1n) is 7.51. The van der Waals surface area contributed by atoms with Crippen molar-refractivity contribution in [3.05, 3.63) is 24.3 Å². The van der Waals surface area contributed by atoms with E-state index in [1.807, 2.05) is 24.3 Å². The van der Waals surface area contributed by atoms with Crippen LogP contribution in [0.2, 0.25) is 0 Å². The van der Waals surface area contributed by atoms with Crippen LogP contribution in [0.1, 0.15) is 38.5 Å². The van der Waals surface area contributed by atoms with E-state index in [-0.39, 0.29) is 12.5 Å². The standard InChI is InChI=1S/C16H23N3O2/c1-21-15-11-7-6-10-14(15)17-12-16(20)19-18-13-8-4-2-3-5-9-13/h6-7,10-11,17H,2-5,8-9,12H2,1H3,(H,19,20). The number of anilines is 1. The van der Waals surface area contributed by atoms with Crippen LogP contribution in [0.4, 0.5) is 5.69 Å². The first-order chi connectivity index (χ1) is 10.3. The highest BCUT2D eigenvalue weighted by Crippen LogP contribution is 2.22. The third kappa shape index (κ3) is 5.10. The molecular weight excluding hydrogens is 266 g/mol. The number of ether oxygens (including phenoxy) is 1. The summed E-state index contributed by atoms with van der Waals surface area (Å²) in [6, 6.07) is 7.52. The van der Waals surface area contributed by atoms with E-state index in [9.17, 15) is 4.79 Å². The average molecular weight is 289 g/mol. The Morgan fingerprint density at radius 2 is 1.90 bits per heavy atom. The van der Waals surface area contributed by atoms with Crippen molar-refractivity contribution in [2.45, 2.75) is 38.5 Å². The van der Waals surface area contributed by atoms with Gasteiger partial charge in [0.2, 0.25) is 0 Å². The number of benzene rings is 1. The van der Waals surface area contributed by atoms with Gasteiger partial charge in [0.15, 0.2) is 0 Å². The van der Waals surface area contributed by atoms with Crippen LogP contribution < -0.4 is 15.5 Å². The zero-order valence-corrected chi connectivity index (χ0v) is 12.5. The van der Waals surface area contributed by atoms with Crippen molar-refractivity contribution in [1.29, 1.82) is 0 Å². The lowest BCUT2D eigenvalue weighted by Crippen LogP contribution is -2.27. The Morgan fingerprint density at radius 3 is 2.62 bits per heavy atom. The lowest BCUT2D eigenvalue weighted by Gasteiger charge is -2.10. The van der Waals surface area contributed by atoms with E-state index in [4.69, 9.17) is 4.74 Å². The van der Waals surface area contributed by atoms with Gasteiger partial charge >= 0.3 is 0 Å². The number of rotatable bonds is 5. The number of carbonyl (C=O) groups excluding carboxylic acids is 1. The van der Waals surface area contributed by atoms with Crippen molar-refractivity contribution >= 4 is 17.3 Å². The summed E-state index contributed by atoms with van der Waals surface area (Å²) in [5, 5.41) is 7.30. The Kier molecular flexibility index (Phi) is 6.06. The van der Waals surface area contributed by atoms with Gasteiger partial charge in [0.05, 0.1) is 19.3 Å². The minimum absolute atomic E-state index is 0.141. The van der Waals surface area contributed by atoms with E-state index in [1.165, 1.54) is 25.7 Å². The van der Waals surface area contributed by atoms with Crippen molar-refractivity contribution in [3.8, 4) is 5.75 Å². The molecule has 1 saturated carbocycles. The van der Waals surface area contributed by atoms with Crippen LogP contribution >= 0.6 is 0 Å². The summed E-state index contributed by atoms with van der Waals surface area (Å²) in [4.78, 5) is 11.8. The van der Waals surface area contributed by atoms with Gasteiger partial charge in [-0.1, -0.05) is 25.0 Å². The van der Waals surface area contributed by atoms with Gasteiger partial charge < -0.3 is 10.1 Å². The van der Waals surface area contributed by atoms with Gasteiger partial charge in [-0.15, -0.1) is 0 Å². The summed E-state index contributed by atoms with van der Waals surface area (Å²) >= 11 is 0. The number of hydrazone groups is 1. The molecule has 0 bridgehead atoms. The molecule has 0 radical (unpaired) electrons. The highest BCUT2D eigenvalue weighted by atomic mass is 16.5. The predicted octanol–water partition coefficient (Wildman–Crippen LogP) is 2.93. The largest absolute Gasteiger partial charge is 0.495 e. The van der Waals surface area contributed by atoms with Crippen LogP contribution in [0.25, 0.3) is 0 Å². The number of para-hydroxylation sites is 2. The van der Waals surface area contributed by atoms with E-state index in [0.29, 0.717) is 0 Å². The molecule has 114 valence electrons. The molecule has 0 heterocycles. The lowest BCUT2D eigenvalue weighted by molar-refractivity contribution is -0.119. The fraction of sp³-hybridized carbons (Fsp3) is 0.500. The Labute approximate surface area is 125 Å². The topological polar surface area (TPSA) is 62.7 Å². The quantitative estimate of drug-likeness (QED) is 0.647. The maximum absolute atomic E-state index is 11.8. The first-order valence-corrected chi connectivity index (χ1v) is 7.51. The monoisotopic (exact) mass is 289 g/mol. The molecule has 0 unspecified atom stereocenters. The summed E-state index contributed by atoms with van der Waals surface area (Å²) in [5.41, 5.74) is 4.55. The number of carbonyl (C=O) groups is 1. The Morgan fingerprint density at radius 1 is 1.19 bits per heavy atom. The number of nitrogens with one attached hydrogen (secondary N) is 2. The Hall–Kier alpha value is -2.04. The lowest BCUT2D eigenvalue weighted by atomic mass is 10.2. The number of methoxy groups -OCH3 is 1. The molecule has 1 amide bonds. The minimum atomic E-state index is -0.141. The van der Waals surface area contributed by atoms with Crippen LogP contribution in [-0.2, 0) is 4.79 Å². The second kappa shape index (κ2) is 8.29. The van der Waals surface area contributed by atoms with Crippen LogP contribution in [0.5, 0.6) is 5.75 Å². The minimum Gasteiger partial charge on any atom is -0.495 e. The van der Waals surface area contributed by atoms with E-state index in [2.05, 4.69) is 15.8 Å². The molecule has 5 nitrogen and oxygen atoms in total. The summed E-state index contributed by atoms with van der Waals surface area (Å²) < 4.78 is 5.22. The molecule has 2 N–H and O–H groups in total. The van der Waals surface area contributed by atoms with Crippen molar-refractivity contribution in [3.63, 3.8) is 0 Å².